The summed E-state index contributed by atoms with van der Waals surface area (Å²) in [6, 6.07) is 99.9. The molecule has 0 saturated carbocycles. The molecule has 12 aromatic carbocycles. The number of nitrogens with one attached hydrogen (secondary N) is 1. The normalized spacial score (nSPS) is 10.4. The molecule has 0 atom stereocenters. The van der Waals surface area contributed by atoms with Gasteiger partial charge in [-0.3, -0.25) is 38.4 Å². The number of aliphatic carboxylic acids is 3. The van der Waals surface area contributed by atoms with Crippen molar-refractivity contribution in [1.29, 1.82) is 0 Å². The number of ketones is 3. The number of aryl methyl sites for hydroxylation is 1. The van der Waals surface area contributed by atoms with E-state index in [1.54, 1.807) is 145 Å². The Kier molecular flexibility index (Phi) is 58.2. The zero-order valence-electron chi connectivity index (χ0n) is 77.4. The van der Waals surface area contributed by atoms with Crippen LogP contribution < -0.4 is 50.7 Å². The Morgan fingerprint density at radius 1 is 0.429 bits per heavy atom. The van der Waals surface area contributed by atoms with Crippen LogP contribution in [0.1, 0.15) is 165 Å². The van der Waals surface area contributed by atoms with Gasteiger partial charge >= 0.3 is 75.9 Å². The topological polar surface area (TPSA) is 364 Å². The molecule has 25 nitrogen and oxygen atoms in total. The Hall–Kier alpha value is -14.4. The van der Waals surface area contributed by atoms with Gasteiger partial charge in [0.25, 0.3) is 5.97 Å². The van der Waals surface area contributed by atoms with E-state index in [4.69, 9.17) is 72.2 Å². The molecule has 734 valence electrons. The maximum atomic E-state index is 12.7. The van der Waals surface area contributed by atoms with E-state index in [-0.39, 0.29) is 105 Å². The molecule has 0 saturated heterocycles. The molecule has 13 aromatic rings. The Bertz CT molecular complexity index is 6320. The van der Waals surface area contributed by atoms with Gasteiger partial charge in [-0.1, -0.05) is 241 Å². The summed E-state index contributed by atoms with van der Waals surface area (Å²) in [4.78, 5) is 94.7. The van der Waals surface area contributed by atoms with Crippen LogP contribution in [-0.4, -0.2) is 152 Å². The molecule has 0 radical (unpaired) electrons. The molecule has 0 unspecified atom stereocenters. The predicted molar refractivity (Wildman–Crippen MR) is 533 cm³/mol. The Balaban J connectivity index is 0.000000552. The van der Waals surface area contributed by atoms with E-state index >= 15 is 0 Å². The van der Waals surface area contributed by atoms with Crippen molar-refractivity contribution >= 4 is 81.6 Å². The van der Waals surface area contributed by atoms with Gasteiger partial charge in [-0.05, 0) is 191 Å². The molecular weight excluding hydrogens is 2040 g/mol. The summed E-state index contributed by atoms with van der Waals surface area (Å²) < 4.78 is 76.0. The third-order valence-corrected chi connectivity index (χ3v) is 19.8. The van der Waals surface area contributed by atoms with Gasteiger partial charge in [0, 0.05) is 59.7 Å². The number of ether oxygens (including phenoxy) is 8. The summed E-state index contributed by atoms with van der Waals surface area (Å²) in [7, 11) is 8.09. The average Bonchev–Trinajstić information content (AvgIpc) is 1.57. The van der Waals surface area contributed by atoms with Crippen molar-refractivity contribution in [2.75, 3.05) is 67.2 Å². The van der Waals surface area contributed by atoms with Gasteiger partial charge < -0.3 is 75.5 Å². The molecule has 2 aliphatic carbocycles. The number of carbonyl (C=O) groups excluding carboxylic acids is 5. The van der Waals surface area contributed by atoms with E-state index in [9.17, 15) is 33.6 Å². The monoisotopic (exact) mass is 2160 g/mol. The van der Waals surface area contributed by atoms with E-state index in [0.717, 1.165) is 107 Å². The summed E-state index contributed by atoms with van der Waals surface area (Å²) in [5.41, 5.74) is 16.8. The van der Waals surface area contributed by atoms with Crippen LogP contribution in [0, 0.1) is 6.07 Å². The average molecular weight is 2160 g/mol. The van der Waals surface area contributed by atoms with Crippen LogP contribution in [0.4, 0.5) is 5.82 Å². The first-order valence-electron chi connectivity index (χ1n) is 42.9. The molecule has 0 bridgehead atoms. The third kappa shape index (κ3) is 44.8. The first-order valence-corrected chi connectivity index (χ1v) is 47.0. The van der Waals surface area contributed by atoms with Crippen molar-refractivity contribution in [2.45, 2.75) is 107 Å². The fourth-order valence-corrected chi connectivity index (χ4v) is 13.7. The van der Waals surface area contributed by atoms with Crippen LogP contribution in [0.15, 0.2) is 322 Å². The van der Waals surface area contributed by atoms with Crippen molar-refractivity contribution in [2.24, 2.45) is 0 Å². The molecule has 0 amide bonds. The standard InChI is InChI=1S/C23H24N2O3.C18H18O4.C18H20O3.C16H14O4.C16H14O.C9H8O.C7H7O.C2H4O2.3CH4.BrH.Mg.4O.Os/c26-23(27)17-20-9-2-1-8-19(20)15-18-7-5-10-21(16-18)28-14-6-13-25-22-11-3-4-12-24-22;1-3-22-17(19)12-13-7-4-5-10-16(13)18(20)14-8-6-9-15(11-14)21-2;1-3-21-18(19)13-16-9-5-4-8-15(16)11-14-7-6-10-17(12-14)20-2;1-20-13-7-4-6-12(9-13)16(19)14-8-3-2-5-11(14)10-15(17)18;1-17-14-7-4-6-13(11-14)16-10-9-12-5-2-3-8-15(12)16;10-9-6-5-7-3-1-2-4-8(7)9;1-8-7-5-3-2-4-6-7;1-2(3)4;;;;;;;;;;/h1-5,7-12,16H,6,13-15,17H2,(H,24,25)(H,26,27);4-11H,3,12H2,1-2H3;4-10,12H,3,11,13H2,1-2H3;2-9H,10H2,1H3,(H,17,18);2-8,10-11H,9H2,1H3;1-4H,5-6H2;2-3,5-6H,1H3;1H3,(H,3,4);3*1H4;1H;;;;;;/q;;;;;;-1;;;;;;+2;;;;;/p-1. The number of nitrogens with zero attached hydrogens (tertiary/aromatic N) is 1. The van der Waals surface area contributed by atoms with Gasteiger partial charge in [0.1, 0.15) is 34.6 Å². The van der Waals surface area contributed by atoms with Crippen molar-refractivity contribution in [3.8, 4) is 34.5 Å². The number of fused-ring (bicyclic) bond motifs is 2. The van der Waals surface area contributed by atoms with Gasteiger partial charge in [-0.25, -0.2) is 4.98 Å². The van der Waals surface area contributed by atoms with Gasteiger partial charge in [0.2, 0.25) is 0 Å². The molecule has 140 heavy (non-hydrogen) atoms. The molecule has 15 rings (SSSR count). The molecule has 1 heterocycles. The number of halogens is 1. The molecule has 28 heteroatoms. The second-order valence-corrected chi connectivity index (χ2v) is 31.9. The van der Waals surface area contributed by atoms with E-state index in [0.29, 0.717) is 89.7 Å². The second-order valence-electron chi connectivity index (χ2n) is 29.4. The molecule has 0 fully saturated rings. The molecular formula is C112H121BrMgN2O23Os. The summed E-state index contributed by atoms with van der Waals surface area (Å²) >= 11 is -6.06. The van der Waals surface area contributed by atoms with Gasteiger partial charge in [0.05, 0.1) is 81.1 Å². The van der Waals surface area contributed by atoms with Gasteiger partial charge in [0.15, 0.2) is 17.3 Å². The Morgan fingerprint density at radius 3 is 1.30 bits per heavy atom. The van der Waals surface area contributed by atoms with E-state index in [1.807, 2.05) is 171 Å². The fourth-order valence-electron chi connectivity index (χ4n) is 13.7. The quantitative estimate of drug-likeness (QED) is 0.0107. The summed E-state index contributed by atoms with van der Waals surface area (Å²) in [6.07, 6.45) is 9.31. The fraction of sp³-hybridized carbons (Fsp3) is 0.223. The van der Waals surface area contributed by atoms with Crippen molar-refractivity contribution in [1.82, 2.24) is 4.98 Å². The molecule has 0 spiro atoms. The molecule has 4 N–H and O–H groups in total. The summed E-state index contributed by atoms with van der Waals surface area (Å²) in [5, 5.41) is 28.7. The maximum absolute atomic E-state index is 12.7. The van der Waals surface area contributed by atoms with E-state index in [1.165, 1.54) is 34.9 Å². The first-order chi connectivity index (χ1) is 65.1. The molecule has 1 aromatic heterocycles. The number of anilines is 1. The predicted octanol–water partition coefficient (Wildman–Crippen LogP) is 18.3. The Labute approximate surface area is 849 Å². The van der Waals surface area contributed by atoms with Crippen LogP contribution in [-0.2, 0) is 114 Å². The van der Waals surface area contributed by atoms with Crippen LogP contribution in [0.2, 0.25) is 0 Å². The minimum absolute atomic E-state index is 0. The van der Waals surface area contributed by atoms with Crippen molar-refractivity contribution in [3.63, 3.8) is 0 Å². The number of hydrogen-bond donors (Lipinski definition) is 4. The van der Waals surface area contributed by atoms with E-state index in [2.05, 4.69) is 64.9 Å². The number of Topliss-reactive ketones (excluding diaryl/α,β-unsaturated/α-hetero) is 1. The van der Waals surface area contributed by atoms with Crippen LogP contribution in [0.5, 0.6) is 34.5 Å². The number of aromatic nitrogens is 1. The number of methoxy groups -OCH3 is 5. The first kappa shape index (κ1) is 122. The van der Waals surface area contributed by atoms with Gasteiger partial charge in [-0.2, -0.15) is 18.2 Å². The van der Waals surface area contributed by atoms with Crippen molar-refractivity contribution in [3.05, 3.63) is 422 Å². The molecule has 0 aliphatic heterocycles. The van der Waals surface area contributed by atoms with Crippen molar-refractivity contribution < 1.29 is 138 Å². The Morgan fingerprint density at radius 2 is 0.829 bits per heavy atom. The number of hydrogen-bond acceptors (Lipinski definition) is 22. The van der Waals surface area contributed by atoms with Crippen LogP contribution in [0.25, 0.3) is 5.57 Å². The molecule has 2 aliphatic rings. The number of carbonyl (C=O) groups is 8. The zero-order valence-corrected chi connectivity index (χ0v) is 82.9. The third-order valence-electron chi connectivity index (χ3n) is 19.8. The van der Waals surface area contributed by atoms with Crippen LogP contribution in [0.3, 0.4) is 0 Å². The number of allylic oxidation sites excluding steroid dienone is 1. The van der Waals surface area contributed by atoms with Gasteiger partial charge in [-0.15, -0.1) is 12.1 Å². The van der Waals surface area contributed by atoms with Crippen LogP contribution >= 0.6 is 0 Å². The number of rotatable bonds is 30. The number of esters is 2. The van der Waals surface area contributed by atoms with E-state index < -0.39 is 32.7 Å². The number of pyridine rings is 1. The SMILES string of the molecule is C.C.C.CC(=O)O.CCOC(=O)Cc1ccccc1C(=O)c1cccc(OC)c1.CCOC(=O)Cc1ccccc1Cc1cccc(OC)c1.COc1c[c-]ccc1.COc1cccc(C(=O)c2ccccc2CC(=O)O)c1.COc1cccc(C2=CCc3ccccc32)c1.O=C(O)Cc1ccccc1Cc1cccc(OCCCNc2ccccn2)c1.O=C1CCc2ccccc21.[Br-].[Mg+2].[O]=[Os](=[O])(=[O])=[O]. The minimum atomic E-state index is -6.06. The number of carboxylic acid groups (broad SMARTS) is 3. The summed E-state index contributed by atoms with van der Waals surface area (Å²) in [5.74, 6) is 2.32. The number of benzene rings is 12. The number of carboxylic acids is 3. The summed E-state index contributed by atoms with van der Waals surface area (Å²) in [6.45, 7) is 6.80. The zero-order chi connectivity index (χ0) is 97.7. The second kappa shape index (κ2) is 66.9.